The number of methoxy groups -OCH3 is 1. The van der Waals surface area contributed by atoms with Crippen molar-refractivity contribution in [1.82, 2.24) is 0 Å². The second kappa shape index (κ2) is 6.64. The Labute approximate surface area is 110 Å². The quantitative estimate of drug-likeness (QED) is 0.790. The number of unbranched alkanes of at least 4 members (excludes halogenated alkanes) is 1. The molecule has 0 radical (unpaired) electrons. The summed E-state index contributed by atoms with van der Waals surface area (Å²) in [6.45, 7) is 7.32. The number of hydrogen-bond acceptors (Lipinski definition) is 3. The molecule has 0 spiro atoms. The molecule has 3 heteroatoms. The molecular formula is C15H24O3. The highest BCUT2D eigenvalue weighted by Gasteiger charge is 2.19. The SMILES string of the molecule is COc1ccc(OCCCCO)c(C(C)(C)C)c1. The van der Waals surface area contributed by atoms with E-state index < -0.39 is 0 Å². The zero-order valence-corrected chi connectivity index (χ0v) is 11.8. The highest BCUT2D eigenvalue weighted by molar-refractivity contribution is 5.44. The lowest BCUT2D eigenvalue weighted by Gasteiger charge is -2.23. The first-order valence-corrected chi connectivity index (χ1v) is 6.41. The van der Waals surface area contributed by atoms with Crippen molar-refractivity contribution in [3.63, 3.8) is 0 Å². The fourth-order valence-corrected chi connectivity index (χ4v) is 1.74. The summed E-state index contributed by atoms with van der Waals surface area (Å²) in [5.41, 5.74) is 1.16. The summed E-state index contributed by atoms with van der Waals surface area (Å²) < 4.78 is 11.1. The molecule has 1 N–H and O–H groups in total. The van der Waals surface area contributed by atoms with E-state index in [-0.39, 0.29) is 12.0 Å². The van der Waals surface area contributed by atoms with Crippen LogP contribution < -0.4 is 9.47 Å². The van der Waals surface area contributed by atoms with Gasteiger partial charge in [-0.1, -0.05) is 20.8 Å². The molecule has 18 heavy (non-hydrogen) atoms. The van der Waals surface area contributed by atoms with Gasteiger partial charge in [-0.2, -0.15) is 0 Å². The third-order valence-corrected chi connectivity index (χ3v) is 2.80. The van der Waals surface area contributed by atoms with Gasteiger partial charge < -0.3 is 14.6 Å². The van der Waals surface area contributed by atoms with Crippen LogP contribution in [0.4, 0.5) is 0 Å². The van der Waals surface area contributed by atoms with E-state index in [1.807, 2.05) is 18.2 Å². The van der Waals surface area contributed by atoms with Crippen LogP contribution in [0.25, 0.3) is 0 Å². The van der Waals surface area contributed by atoms with Gasteiger partial charge in [-0.3, -0.25) is 0 Å². The molecular weight excluding hydrogens is 228 g/mol. The van der Waals surface area contributed by atoms with E-state index in [9.17, 15) is 0 Å². The molecule has 1 rings (SSSR count). The molecule has 1 aromatic carbocycles. The maximum atomic E-state index is 8.74. The van der Waals surface area contributed by atoms with Crippen LogP contribution in [0.3, 0.4) is 0 Å². The lowest BCUT2D eigenvalue weighted by molar-refractivity contribution is 0.250. The van der Waals surface area contributed by atoms with Crippen LogP contribution in [0, 0.1) is 0 Å². The zero-order valence-electron chi connectivity index (χ0n) is 11.8. The highest BCUT2D eigenvalue weighted by atomic mass is 16.5. The van der Waals surface area contributed by atoms with Crippen LogP contribution in [-0.2, 0) is 5.41 Å². The molecule has 1 aromatic rings. The molecule has 102 valence electrons. The second-order valence-corrected chi connectivity index (χ2v) is 5.39. The number of ether oxygens (including phenoxy) is 2. The van der Waals surface area contributed by atoms with Crippen molar-refractivity contribution in [2.24, 2.45) is 0 Å². The fraction of sp³-hybridized carbons (Fsp3) is 0.600. The Bertz CT molecular complexity index is 366. The van der Waals surface area contributed by atoms with Crippen molar-refractivity contribution in [1.29, 1.82) is 0 Å². The Morgan fingerprint density at radius 1 is 1.17 bits per heavy atom. The van der Waals surface area contributed by atoms with E-state index in [1.165, 1.54) is 0 Å². The molecule has 0 aromatic heterocycles. The minimum atomic E-state index is 0.0147. The molecule has 0 unspecified atom stereocenters. The van der Waals surface area contributed by atoms with E-state index in [2.05, 4.69) is 20.8 Å². The van der Waals surface area contributed by atoms with Gasteiger partial charge in [0.05, 0.1) is 13.7 Å². The number of rotatable bonds is 6. The standard InChI is InChI=1S/C15H24O3/c1-15(2,3)13-11-12(17-4)7-8-14(13)18-10-6-5-9-16/h7-8,11,16H,5-6,9-10H2,1-4H3. The molecule has 0 aliphatic rings. The Morgan fingerprint density at radius 3 is 2.44 bits per heavy atom. The fourth-order valence-electron chi connectivity index (χ4n) is 1.74. The van der Waals surface area contributed by atoms with E-state index in [0.29, 0.717) is 6.61 Å². The molecule has 0 saturated carbocycles. The molecule has 3 nitrogen and oxygen atoms in total. The molecule has 0 fully saturated rings. The van der Waals surface area contributed by atoms with Crippen molar-refractivity contribution >= 4 is 0 Å². The van der Waals surface area contributed by atoms with Crippen LogP contribution >= 0.6 is 0 Å². The molecule has 0 saturated heterocycles. The van der Waals surface area contributed by atoms with Crippen molar-refractivity contribution < 1.29 is 14.6 Å². The van der Waals surface area contributed by atoms with Crippen molar-refractivity contribution in [2.45, 2.75) is 39.0 Å². The van der Waals surface area contributed by atoms with Gasteiger partial charge >= 0.3 is 0 Å². The number of aliphatic hydroxyl groups is 1. The Hall–Kier alpha value is -1.22. The average Bonchev–Trinajstić information content (AvgIpc) is 2.33. The third-order valence-electron chi connectivity index (χ3n) is 2.80. The summed E-state index contributed by atoms with van der Waals surface area (Å²) in [6, 6.07) is 5.90. The van der Waals surface area contributed by atoms with E-state index in [4.69, 9.17) is 14.6 Å². The van der Waals surface area contributed by atoms with Gasteiger partial charge in [0.1, 0.15) is 11.5 Å². The average molecular weight is 252 g/mol. The first-order chi connectivity index (χ1) is 8.49. The van der Waals surface area contributed by atoms with Gasteiger partial charge in [-0.05, 0) is 36.5 Å². The van der Waals surface area contributed by atoms with E-state index in [0.717, 1.165) is 29.9 Å². The Balaban J connectivity index is 2.82. The summed E-state index contributed by atoms with van der Waals surface area (Å²) in [4.78, 5) is 0. The summed E-state index contributed by atoms with van der Waals surface area (Å²) in [5.74, 6) is 1.75. The van der Waals surface area contributed by atoms with Crippen LogP contribution in [-0.4, -0.2) is 25.4 Å². The monoisotopic (exact) mass is 252 g/mol. The van der Waals surface area contributed by atoms with Crippen molar-refractivity contribution in [3.05, 3.63) is 23.8 Å². The normalized spacial score (nSPS) is 11.4. The minimum Gasteiger partial charge on any atom is -0.497 e. The van der Waals surface area contributed by atoms with E-state index in [1.54, 1.807) is 7.11 Å². The Morgan fingerprint density at radius 2 is 1.89 bits per heavy atom. The molecule has 0 heterocycles. The first-order valence-electron chi connectivity index (χ1n) is 6.41. The maximum absolute atomic E-state index is 8.74. The topological polar surface area (TPSA) is 38.7 Å². The second-order valence-electron chi connectivity index (χ2n) is 5.39. The van der Waals surface area contributed by atoms with Gasteiger partial charge in [0.2, 0.25) is 0 Å². The molecule has 0 atom stereocenters. The predicted octanol–water partition coefficient (Wildman–Crippen LogP) is 3.14. The Kier molecular flexibility index (Phi) is 5.48. The molecule has 0 bridgehead atoms. The van der Waals surface area contributed by atoms with Crippen LogP contribution in [0.5, 0.6) is 11.5 Å². The van der Waals surface area contributed by atoms with Crippen molar-refractivity contribution in [3.8, 4) is 11.5 Å². The summed E-state index contributed by atoms with van der Waals surface area (Å²) >= 11 is 0. The lowest BCUT2D eigenvalue weighted by Crippen LogP contribution is -2.14. The van der Waals surface area contributed by atoms with Gasteiger partial charge in [0, 0.05) is 12.2 Å². The number of benzene rings is 1. The molecule has 0 amide bonds. The predicted molar refractivity (Wildman–Crippen MR) is 73.5 cm³/mol. The van der Waals surface area contributed by atoms with Crippen molar-refractivity contribution in [2.75, 3.05) is 20.3 Å². The zero-order chi connectivity index (χ0) is 13.6. The van der Waals surface area contributed by atoms with Gasteiger partial charge in [-0.25, -0.2) is 0 Å². The largest absolute Gasteiger partial charge is 0.497 e. The maximum Gasteiger partial charge on any atom is 0.123 e. The van der Waals surface area contributed by atoms with Crippen LogP contribution in [0.15, 0.2) is 18.2 Å². The third kappa shape index (κ3) is 4.22. The van der Waals surface area contributed by atoms with E-state index >= 15 is 0 Å². The minimum absolute atomic E-state index is 0.0147. The van der Waals surface area contributed by atoms with Gasteiger partial charge in [-0.15, -0.1) is 0 Å². The van der Waals surface area contributed by atoms with Gasteiger partial charge in [0.25, 0.3) is 0 Å². The molecule has 0 aliphatic carbocycles. The smallest absolute Gasteiger partial charge is 0.123 e. The van der Waals surface area contributed by atoms with Crippen LogP contribution in [0.2, 0.25) is 0 Å². The summed E-state index contributed by atoms with van der Waals surface area (Å²) in [7, 11) is 1.67. The first kappa shape index (κ1) is 14.8. The summed E-state index contributed by atoms with van der Waals surface area (Å²) in [6.07, 6.45) is 1.65. The molecule has 0 aliphatic heterocycles. The number of aliphatic hydroxyl groups excluding tert-OH is 1. The highest BCUT2D eigenvalue weighted by Crippen LogP contribution is 2.34. The number of hydrogen-bond donors (Lipinski definition) is 1. The van der Waals surface area contributed by atoms with Crippen LogP contribution in [0.1, 0.15) is 39.2 Å². The van der Waals surface area contributed by atoms with Gasteiger partial charge in [0.15, 0.2) is 0 Å². The lowest BCUT2D eigenvalue weighted by atomic mass is 9.86. The summed E-state index contributed by atoms with van der Waals surface area (Å²) in [5, 5.41) is 8.74.